The molecule has 0 aromatic carbocycles. The van der Waals surface area contributed by atoms with E-state index >= 15 is 0 Å². The van der Waals surface area contributed by atoms with Crippen LogP contribution >= 0.6 is 12.6 Å². The van der Waals surface area contributed by atoms with Gasteiger partial charge in [-0.3, -0.25) is 0 Å². The molecule has 0 N–H and O–H groups in total. The SMILES string of the molecule is SC12CC3C4CC5C6CC7C[C@H]5C3C(C7)(C1)C6[C@@H]4C2. The molecule has 102 valence electrons. The van der Waals surface area contributed by atoms with Crippen LogP contribution in [0.5, 0.6) is 0 Å². The highest BCUT2D eigenvalue weighted by Gasteiger charge is 2.79. The van der Waals surface area contributed by atoms with Crippen LogP contribution in [0.15, 0.2) is 0 Å². The molecule has 0 saturated heterocycles. The molecule has 0 aliphatic heterocycles. The molecule has 1 spiro atoms. The summed E-state index contributed by atoms with van der Waals surface area (Å²) in [6.07, 6.45) is 11.1. The smallest absolute Gasteiger partial charge is 0.0141 e. The summed E-state index contributed by atoms with van der Waals surface area (Å²) in [5.41, 5.74) is 0.831. The lowest BCUT2D eigenvalue weighted by Gasteiger charge is -2.84. The van der Waals surface area contributed by atoms with Crippen LogP contribution < -0.4 is 0 Å². The first-order valence-corrected chi connectivity index (χ1v) is 9.36. The quantitative estimate of drug-likeness (QED) is 0.633. The van der Waals surface area contributed by atoms with Gasteiger partial charge in [-0.2, -0.15) is 12.6 Å². The first kappa shape index (κ1) is 10.1. The zero-order valence-electron chi connectivity index (χ0n) is 11.6. The van der Waals surface area contributed by atoms with E-state index in [1.165, 1.54) is 48.9 Å². The fraction of sp³-hybridized carbons (Fsp3) is 1.00. The van der Waals surface area contributed by atoms with Crippen LogP contribution in [-0.4, -0.2) is 4.75 Å². The molecule has 0 aromatic rings. The van der Waals surface area contributed by atoms with Gasteiger partial charge in [0.05, 0.1) is 0 Å². The van der Waals surface area contributed by atoms with Gasteiger partial charge in [-0.15, -0.1) is 0 Å². The third-order valence-electron chi connectivity index (χ3n) is 9.69. The molecule has 0 radical (unpaired) electrons. The average molecular weight is 272 g/mol. The van der Waals surface area contributed by atoms with Gasteiger partial charge in [0, 0.05) is 4.75 Å². The zero-order chi connectivity index (χ0) is 12.1. The van der Waals surface area contributed by atoms with Gasteiger partial charge in [0.25, 0.3) is 0 Å². The van der Waals surface area contributed by atoms with Crippen LogP contribution in [0.4, 0.5) is 0 Å². The van der Waals surface area contributed by atoms with E-state index in [4.69, 9.17) is 12.6 Å². The van der Waals surface area contributed by atoms with Gasteiger partial charge < -0.3 is 0 Å². The van der Waals surface area contributed by atoms with E-state index in [1.807, 2.05) is 0 Å². The summed E-state index contributed by atoms with van der Waals surface area (Å²) in [7, 11) is 0. The first-order chi connectivity index (χ1) is 9.19. The number of hydrogen-bond acceptors (Lipinski definition) is 1. The molecule has 10 fully saturated rings. The maximum atomic E-state index is 5.26. The topological polar surface area (TPSA) is 0 Å². The summed E-state index contributed by atoms with van der Waals surface area (Å²) in [5.74, 6) is 10.5. The molecule has 10 aliphatic rings. The van der Waals surface area contributed by atoms with Crippen molar-refractivity contribution in [2.45, 2.75) is 49.7 Å². The van der Waals surface area contributed by atoms with Gasteiger partial charge >= 0.3 is 0 Å². The average Bonchev–Trinajstić information content (AvgIpc) is 2.34. The first-order valence-electron chi connectivity index (χ1n) is 8.91. The van der Waals surface area contributed by atoms with E-state index < -0.39 is 0 Å². The lowest BCUT2D eigenvalue weighted by Crippen LogP contribution is -2.79. The molecular formula is C18H24S. The summed E-state index contributed by atoms with van der Waals surface area (Å²) >= 11 is 5.26. The number of hydrogen-bond donors (Lipinski definition) is 1. The van der Waals surface area contributed by atoms with Crippen LogP contribution in [0.2, 0.25) is 0 Å². The Morgan fingerprint density at radius 1 is 0.684 bits per heavy atom. The van der Waals surface area contributed by atoms with E-state index in [1.54, 1.807) is 25.7 Å². The van der Waals surface area contributed by atoms with Crippen LogP contribution in [0.25, 0.3) is 0 Å². The van der Waals surface area contributed by atoms with Gasteiger partial charge in [-0.25, -0.2) is 0 Å². The lowest BCUT2D eigenvalue weighted by molar-refractivity contribution is -0.342. The molecule has 0 aromatic heterocycles. The second-order valence-electron chi connectivity index (χ2n) is 9.85. The van der Waals surface area contributed by atoms with Crippen LogP contribution in [0.3, 0.4) is 0 Å². The molecule has 19 heavy (non-hydrogen) atoms. The van der Waals surface area contributed by atoms with Crippen molar-refractivity contribution in [3.63, 3.8) is 0 Å². The highest BCUT2D eigenvalue weighted by atomic mass is 32.1. The Bertz CT molecular complexity index is 478. The van der Waals surface area contributed by atoms with Gasteiger partial charge in [-0.05, 0) is 104 Å². The Morgan fingerprint density at radius 3 is 2.00 bits per heavy atom. The van der Waals surface area contributed by atoms with E-state index in [0.29, 0.717) is 4.75 Å². The summed E-state index contributed by atoms with van der Waals surface area (Å²) in [4.78, 5) is 0. The molecule has 0 nitrogen and oxygen atoms in total. The van der Waals surface area contributed by atoms with Crippen molar-refractivity contribution < 1.29 is 0 Å². The molecule has 0 heterocycles. The Labute approximate surface area is 121 Å². The Hall–Kier alpha value is 0.350. The van der Waals surface area contributed by atoms with Crippen molar-refractivity contribution in [1.29, 1.82) is 0 Å². The Balaban J connectivity index is 1.55. The summed E-state index contributed by atoms with van der Waals surface area (Å²) in [6, 6.07) is 0. The van der Waals surface area contributed by atoms with Crippen molar-refractivity contribution in [1.82, 2.24) is 0 Å². The highest BCUT2D eigenvalue weighted by Crippen LogP contribution is 2.85. The lowest BCUT2D eigenvalue weighted by atomic mass is 9.22. The highest BCUT2D eigenvalue weighted by molar-refractivity contribution is 7.81. The van der Waals surface area contributed by atoms with E-state index in [2.05, 4.69) is 0 Å². The predicted octanol–water partition coefficient (Wildman–Crippen LogP) is 4.01. The molecule has 11 atom stereocenters. The zero-order valence-corrected chi connectivity index (χ0v) is 12.5. The van der Waals surface area contributed by atoms with Crippen molar-refractivity contribution in [2.75, 3.05) is 0 Å². The molecule has 0 amide bonds. The number of rotatable bonds is 0. The second-order valence-corrected chi connectivity index (χ2v) is 10.8. The largest absolute Gasteiger partial charge is 0.172 e. The van der Waals surface area contributed by atoms with Gasteiger partial charge in [0.15, 0.2) is 0 Å². The van der Waals surface area contributed by atoms with Crippen molar-refractivity contribution >= 4 is 12.6 Å². The Morgan fingerprint density at radius 2 is 1.32 bits per heavy atom. The minimum atomic E-state index is 0.483. The Kier molecular flexibility index (Phi) is 1.37. The van der Waals surface area contributed by atoms with E-state index in [9.17, 15) is 0 Å². The molecule has 9 unspecified atom stereocenters. The van der Waals surface area contributed by atoms with E-state index in [0.717, 1.165) is 29.1 Å². The monoisotopic (exact) mass is 272 g/mol. The second kappa shape index (κ2) is 2.57. The fourth-order valence-electron chi connectivity index (χ4n) is 10.3. The minimum Gasteiger partial charge on any atom is -0.172 e. The molecule has 10 aliphatic carbocycles. The predicted molar refractivity (Wildman–Crippen MR) is 77.9 cm³/mol. The fourth-order valence-corrected chi connectivity index (χ4v) is 11.1. The molecule has 10 saturated carbocycles. The van der Waals surface area contributed by atoms with Gasteiger partial charge in [0.2, 0.25) is 0 Å². The number of thiol groups is 1. The van der Waals surface area contributed by atoms with Crippen molar-refractivity contribution in [3.05, 3.63) is 0 Å². The molecule has 10 rings (SSSR count). The van der Waals surface area contributed by atoms with Crippen LogP contribution in [0.1, 0.15) is 44.9 Å². The third-order valence-corrected chi connectivity index (χ3v) is 10.2. The van der Waals surface area contributed by atoms with Crippen molar-refractivity contribution in [3.8, 4) is 0 Å². The maximum absolute atomic E-state index is 5.26. The van der Waals surface area contributed by atoms with Crippen molar-refractivity contribution in [2.24, 2.45) is 58.7 Å². The van der Waals surface area contributed by atoms with Gasteiger partial charge in [-0.1, -0.05) is 0 Å². The summed E-state index contributed by atoms with van der Waals surface area (Å²) in [5, 5.41) is 0. The van der Waals surface area contributed by atoms with Gasteiger partial charge in [0.1, 0.15) is 0 Å². The van der Waals surface area contributed by atoms with Crippen LogP contribution in [0, 0.1) is 58.7 Å². The molecular weight excluding hydrogens is 248 g/mol. The third kappa shape index (κ3) is 0.820. The molecule has 11 bridgehead atoms. The normalized spacial score (nSPS) is 80.4. The minimum absolute atomic E-state index is 0.483. The summed E-state index contributed by atoms with van der Waals surface area (Å²) < 4.78 is 0.483. The standard InChI is InChI=1S/C18H24S/c19-17-5-13-10-3-9-11-1-8-2-12(9)16(14(10)6-17)18(4-8,7-17)15(11)13/h8-16,19H,1-7H2/t8?,9?,10?,11-,12?,13?,14-,15?,16?,17?,18?/m1/s1. The van der Waals surface area contributed by atoms with Crippen LogP contribution in [-0.2, 0) is 0 Å². The molecule has 1 heteroatoms. The maximum Gasteiger partial charge on any atom is 0.0141 e. The van der Waals surface area contributed by atoms with E-state index in [-0.39, 0.29) is 0 Å². The summed E-state index contributed by atoms with van der Waals surface area (Å²) in [6.45, 7) is 0.